The number of aryl methyl sites for hydroxylation is 1. The van der Waals surface area contributed by atoms with Crippen molar-refractivity contribution in [3.63, 3.8) is 0 Å². The average molecular weight is 414 g/mol. The lowest BCUT2D eigenvalue weighted by atomic mass is 9.96. The van der Waals surface area contributed by atoms with Gasteiger partial charge in [0.05, 0.1) is 18.7 Å². The molecule has 0 aliphatic carbocycles. The first-order chi connectivity index (χ1) is 15.0. The lowest BCUT2D eigenvalue weighted by Gasteiger charge is -2.25. The average Bonchev–Trinajstić information content (AvgIpc) is 3.09. The highest BCUT2D eigenvalue weighted by Gasteiger charge is 2.47. The fourth-order valence-corrected chi connectivity index (χ4v) is 3.77. The van der Waals surface area contributed by atoms with Crippen LogP contribution in [0.2, 0.25) is 0 Å². The Balaban J connectivity index is 1.91. The Morgan fingerprint density at radius 1 is 1.10 bits per heavy atom. The number of hydrogen-bond donors (Lipinski definition) is 1. The van der Waals surface area contributed by atoms with Gasteiger partial charge in [0.25, 0.3) is 11.7 Å². The molecule has 1 amide bonds. The zero-order chi connectivity index (χ0) is 22.0. The molecule has 3 aromatic rings. The fraction of sp³-hybridized carbons (Fsp3) is 0.160. The number of aromatic nitrogens is 1. The summed E-state index contributed by atoms with van der Waals surface area (Å²) in [7, 11) is 1.52. The molecule has 6 heteroatoms. The van der Waals surface area contributed by atoms with Crippen LogP contribution in [0.3, 0.4) is 0 Å². The van der Waals surface area contributed by atoms with E-state index in [1.807, 2.05) is 31.2 Å². The first-order valence-corrected chi connectivity index (χ1v) is 9.99. The Labute approximate surface area is 180 Å². The van der Waals surface area contributed by atoms with Crippen LogP contribution in [0.4, 0.5) is 5.69 Å². The lowest BCUT2D eigenvalue weighted by molar-refractivity contribution is -0.132. The number of benzene rings is 2. The Morgan fingerprint density at radius 3 is 2.52 bits per heavy atom. The molecule has 0 bridgehead atoms. The SMILES string of the molecule is CCc1ccc(N2C(=O)C(=O)/C(=C(\O)c3cccc(OC)c3)C2c2cccnc2)cc1. The van der Waals surface area contributed by atoms with Crippen LogP contribution in [0.15, 0.2) is 78.6 Å². The van der Waals surface area contributed by atoms with E-state index in [9.17, 15) is 14.7 Å². The number of ketones is 1. The zero-order valence-electron chi connectivity index (χ0n) is 17.3. The van der Waals surface area contributed by atoms with Gasteiger partial charge in [-0.2, -0.15) is 0 Å². The number of aliphatic hydroxyl groups is 1. The molecule has 0 radical (unpaired) electrons. The van der Waals surface area contributed by atoms with Crippen LogP contribution in [0.1, 0.15) is 29.7 Å². The summed E-state index contributed by atoms with van der Waals surface area (Å²) in [4.78, 5) is 31.8. The van der Waals surface area contributed by atoms with Crippen LogP contribution in [0, 0.1) is 0 Å². The number of amides is 1. The van der Waals surface area contributed by atoms with E-state index in [1.54, 1.807) is 48.8 Å². The number of nitrogens with zero attached hydrogens (tertiary/aromatic N) is 2. The van der Waals surface area contributed by atoms with E-state index in [0.717, 1.165) is 12.0 Å². The molecule has 156 valence electrons. The van der Waals surface area contributed by atoms with Crippen LogP contribution in [0.5, 0.6) is 5.75 Å². The van der Waals surface area contributed by atoms with Crippen molar-refractivity contribution in [2.24, 2.45) is 0 Å². The summed E-state index contributed by atoms with van der Waals surface area (Å²) in [6.07, 6.45) is 4.08. The molecule has 4 rings (SSSR count). The van der Waals surface area contributed by atoms with Crippen molar-refractivity contribution in [3.8, 4) is 5.75 Å². The first-order valence-electron chi connectivity index (χ1n) is 9.99. The molecular formula is C25H22N2O4. The smallest absolute Gasteiger partial charge is 0.300 e. The van der Waals surface area contributed by atoms with Crippen LogP contribution in [-0.4, -0.2) is 28.9 Å². The molecule has 1 aliphatic rings. The quantitative estimate of drug-likeness (QED) is 0.383. The number of hydrogen-bond acceptors (Lipinski definition) is 5. The van der Waals surface area contributed by atoms with Crippen molar-refractivity contribution >= 4 is 23.1 Å². The summed E-state index contributed by atoms with van der Waals surface area (Å²) in [6, 6.07) is 17.0. The summed E-state index contributed by atoms with van der Waals surface area (Å²) in [6.45, 7) is 2.05. The minimum atomic E-state index is -0.799. The van der Waals surface area contributed by atoms with Gasteiger partial charge in [-0.05, 0) is 47.9 Å². The first kappa shape index (κ1) is 20.3. The van der Waals surface area contributed by atoms with Gasteiger partial charge in [0.15, 0.2) is 0 Å². The predicted molar refractivity (Wildman–Crippen MR) is 118 cm³/mol. The van der Waals surface area contributed by atoms with Crippen molar-refractivity contribution in [3.05, 3.63) is 95.3 Å². The molecule has 0 spiro atoms. The third-order valence-corrected chi connectivity index (χ3v) is 5.41. The Hall–Kier alpha value is -3.93. The standard InChI is InChI=1S/C25H22N2O4/c1-3-16-9-11-19(12-10-16)27-22(18-7-5-13-26-15-18)21(24(29)25(27)30)23(28)17-6-4-8-20(14-17)31-2/h4-15,22,28H,3H2,1-2H3/b23-21-. The third-order valence-electron chi connectivity index (χ3n) is 5.41. The Morgan fingerprint density at radius 2 is 1.87 bits per heavy atom. The van der Waals surface area contributed by atoms with Crippen molar-refractivity contribution in [2.75, 3.05) is 12.0 Å². The maximum absolute atomic E-state index is 13.1. The summed E-state index contributed by atoms with van der Waals surface area (Å²) >= 11 is 0. The highest BCUT2D eigenvalue weighted by atomic mass is 16.5. The van der Waals surface area contributed by atoms with Crippen LogP contribution in [-0.2, 0) is 16.0 Å². The van der Waals surface area contributed by atoms with E-state index in [2.05, 4.69) is 4.98 Å². The minimum absolute atomic E-state index is 0.0193. The molecule has 1 N–H and O–H groups in total. The molecule has 2 heterocycles. The van der Waals surface area contributed by atoms with Gasteiger partial charge in [-0.15, -0.1) is 0 Å². The summed E-state index contributed by atoms with van der Waals surface area (Å²) < 4.78 is 5.23. The van der Waals surface area contributed by atoms with Gasteiger partial charge < -0.3 is 9.84 Å². The molecule has 31 heavy (non-hydrogen) atoms. The minimum Gasteiger partial charge on any atom is -0.507 e. The van der Waals surface area contributed by atoms with Gasteiger partial charge in [-0.3, -0.25) is 19.5 Å². The molecular weight excluding hydrogens is 392 g/mol. The molecule has 6 nitrogen and oxygen atoms in total. The van der Waals surface area contributed by atoms with Crippen molar-refractivity contribution in [1.82, 2.24) is 4.98 Å². The fourth-order valence-electron chi connectivity index (χ4n) is 3.77. The number of methoxy groups -OCH3 is 1. The van der Waals surface area contributed by atoms with E-state index >= 15 is 0 Å². The molecule has 1 saturated heterocycles. The second kappa shape index (κ2) is 8.44. The zero-order valence-corrected chi connectivity index (χ0v) is 17.3. The number of carbonyl (C=O) groups is 2. The predicted octanol–water partition coefficient (Wildman–Crippen LogP) is 4.28. The van der Waals surface area contributed by atoms with Gasteiger partial charge in [-0.25, -0.2) is 0 Å². The summed E-state index contributed by atoms with van der Waals surface area (Å²) in [5.41, 5.74) is 2.75. The molecule has 1 unspecified atom stereocenters. The highest BCUT2D eigenvalue weighted by molar-refractivity contribution is 6.51. The van der Waals surface area contributed by atoms with Gasteiger partial charge in [0.1, 0.15) is 11.5 Å². The van der Waals surface area contributed by atoms with Crippen molar-refractivity contribution in [1.29, 1.82) is 0 Å². The number of ether oxygens (including phenoxy) is 1. The Bertz CT molecular complexity index is 1150. The maximum atomic E-state index is 13.1. The normalized spacial score (nSPS) is 17.7. The van der Waals surface area contributed by atoms with E-state index in [-0.39, 0.29) is 11.3 Å². The van der Waals surface area contributed by atoms with Gasteiger partial charge in [-0.1, -0.05) is 37.3 Å². The Kier molecular flexibility index (Phi) is 5.54. The summed E-state index contributed by atoms with van der Waals surface area (Å²) in [5.74, 6) is -1.15. The number of carbonyl (C=O) groups excluding carboxylic acids is 2. The van der Waals surface area contributed by atoms with Crippen LogP contribution >= 0.6 is 0 Å². The van der Waals surface area contributed by atoms with Gasteiger partial charge in [0, 0.05) is 23.6 Å². The molecule has 0 saturated carbocycles. The van der Waals surface area contributed by atoms with Crippen LogP contribution in [0.25, 0.3) is 5.76 Å². The second-order valence-electron chi connectivity index (χ2n) is 7.21. The van der Waals surface area contributed by atoms with Gasteiger partial charge in [0.2, 0.25) is 0 Å². The molecule has 2 aromatic carbocycles. The second-order valence-corrected chi connectivity index (χ2v) is 7.21. The molecule has 1 fully saturated rings. The number of anilines is 1. The van der Waals surface area contributed by atoms with Crippen molar-refractivity contribution in [2.45, 2.75) is 19.4 Å². The van der Waals surface area contributed by atoms with E-state index in [1.165, 1.54) is 12.0 Å². The monoisotopic (exact) mass is 414 g/mol. The van der Waals surface area contributed by atoms with Crippen LogP contribution < -0.4 is 9.64 Å². The number of pyridine rings is 1. The largest absolute Gasteiger partial charge is 0.507 e. The van der Waals surface area contributed by atoms with Crippen molar-refractivity contribution < 1.29 is 19.4 Å². The molecule has 1 aliphatic heterocycles. The number of Topliss-reactive ketones (excluding diaryl/α,β-unsaturated/α-hetero) is 1. The molecule has 1 atom stereocenters. The number of rotatable bonds is 5. The highest BCUT2D eigenvalue weighted by Crippen LogP contribution is 2.42. The topological polar surface area (TPSA) is 79.7 Å². The summed E-state index contributed by atoms with van der Waals surface area (Å²) in [5, 5.41) is 11.1. The van der Waals surface area contributed by atoms with E-state index < -0.39 is 17.7 Å². The van der Waals surface area contributed by atoms with Gasteiger partial charge >= 0.3 is 0 Å². The third kappa shape index (κ3) is 3.68. The lowest BCUT2D eigenvalue weighted by Crippen LogP contribution is -2.29. The number of aliphatic hydroxyl groups excluding tert-OH is 1. The molecule has 1 aromatic heterocycles. The maximum Gasteiger partial charge on any atom is 0.300 e. The van der Waals surface area contributed by atoms with E-state index in [0.29, 0.717) is 22.6 Å². The van der Waals surface area contributed by atoms with E-state index in [4.69, 9.17) is 4.74 Å².